The fourth-order valence-electron chi connectivity index (χ4n) is 3.19. The lowest BCUT2D eigenvalue weighted by Crippen LogP contribution is -2.25. The zero-order valence-electron chi connectivity index (χ0n) is 17.7. The van der Waals surface area contributed by atoms with Gasteiger partial charge in [0.1, 0.15) is 0 Å². The van der Waals surface area contributed by atoms with E-state index < -0.39 is 18.2 Å². The van der Waals surface area contributed by atoms with Gasteiger partial charge >= 0.3 is 11.9 Å². The second kappa shape index (κ2) is 11.4. The quantitative estimate of drug-likeness (QED) is 0.325. The van der Waals surface area contributed by atoms with Gasteiger partial charge in [0, 0.05) is 6.42 Å². The molecule has 0 N–H and O–H groups in total. The molecule has 4 nitrogen and oxygen atoms in total. The first-order valence-corrected chi connectivity index (χ1v) is 10.4. The van der Waals surface area contributed by atoms with Crippen LogP contribution >= 0.6 is 0 Å². The molecule has 156 valence electrons. The molecule has 0 atom stereocenters. The number of unbranched alkanes of at least 4 members (excludes halogenated alkanes) is 1. The first-order chi connectivity index (χ1) is 13.9. The maximum absolute atomic E-state index is 12.5. The molecule has 2 aromatic carbocycles. The van der Waals surface area contributed by atoms with Gasteiger partial charge in [0.2, 0.25) is 6.29 Å². The van der Waals surface area contributed by atoms with Crippen LogP contribution in [0.1, 0.15) is 80.0 Å². The van der Waals surface area contributed by atoms with Gasteiger partial charge in [-0.05, 0) is 48.9 Å². The minimum Gasteiger partial charge on any atom is -0.422 e. The molecule has 0 fully saturated rings. The van der Waals surface area contributed by atoms with Crippen LogP contribution in [-0.4, -0.2) is 18.2 Å². The highest BCUT2D eigenvalue weighted by atomic mass is 16.7. The van der Waals surface area contributed by atoms with Crippen molar-refractivity contribution < 1.29 is 19.1 Å². The molecule has 0 heterocycles. The van der Waals surface area contributed by atoms with Gasteiger partial charge in [0.15, 0.2) is 0 Å². The van der Waals surface area contributed by atoms with Crippen LogP contribution in [-0.2, 0) is 9.47 Å². The Morgan fingerprint density at radius 1 is 0.793 bits per heavy atom. The lowest BCUT2D eigenvalue weighted by atomic mass is 9.82. The Hall–Kier alpha value is -2.62. The fourth-order valence-corrected chi connectivity index (χ4v) is 3.19. The van der Waals surface area contributed by atoms with Gasteiger partial charge in [-0.2, -0.15) is 0 Å². The molecule has 0 radical (unpaired) electrons. The molecular weight excluding hydrogens is 364 g/mol. The Morgan fingerprint density at radius 3 is 1.69 bits per heavy atom. The van der Waals surface area contributed by atoms with Crippen LogP contribution in [0.15, 0.2) is 60.7 Å². The van der Waals surface area contributed by atoms with E-state index >= 15 is 0 Å². The zero-order chi connectivity index (χ0) is 21.1. The maximum atomic E-state index is 12.5. The second-order valence-corrected chi connectivity index (χ2v) is 8.13. The van der Waals surface area contributed by atoms with Gasteiger partial charge in [0.05, 0.1) is 11.1 Å². The first kappa shape index (κ1) is 22.7. The van der Waals surface area contributed by atoms with Crippen molar-refractivity contribution in [3.05, 3.63) is 71.8 Å². The summed E-state index contributed by atoms with van der Waals surface area (Å²) < 4.78 is 11.1. The molecule has 2 aromatic rings. The van der Waals surface area contributed by atoms with Crippen molar-refractivity contribution in [3.63, 3.8) is 0 Å². The summed E-state index contributed by atoms with van der Waals surface area (Å²) in [6.07, 6.45) is 4.89. The van der Waals surface area contributed by atoms with E-state index in [0.717, 1.165) is 19.3 Å². The number of benzene rings is 2. The summed E-state index contributed by atoms with van der Waals surface area (Å²) in [7, 11) is 0. The standard InChI is InChI=1S/C25H32O4/c1-4-5-18-25(2,3)19-12-17-22(28-23(26)20-13-8-6-9-14-20)29-24(27)21-15-10-7-11-16-21/h6-11,13-16,22H,4-5,12,17-19H2,1-3H3. The maximum Gasteiger partial charge on any atom is 0.341 e. The molecule has 0 saturated heterocycles. The minimum atomic E-state index is -0.905. The minimum absolute atomic E-state index is 0.216. The average molecular weight is 397 g/mol. The predicted molar refractivity (Wildman–Crippen MR) is 115 cm³/mol. The first-order valence-electron chi connectivity index (χ1n) is 10.4. The summed E-state index contributed by atoms with van der Waals surface area (Å²) in [6, 6.07) is 17.5. The number of carbonyl (C=O) groups is 2. The van der Waals surface area contributed by atoms with Crippen molar-refractivity contribution >= 4 is 11.9 Å². The van der Waals surface area contributed by atoms with Crippen molar-refractivity contribution in [2.24, 2.45) is 5.41 Å². The fraction of sp³-hybridized carbons (Fsp3) is 0.440. The Morgan fingerprint density at radius 2 is 1.24 bits per heavy atom. The van der Waals surface area contributed by atoms with E-state index in [0.29, 0.717) is 17.5 Å². The van der Waals surface area contributed by atoms with Gasteiger partial charge in [-0.25, -0.2) is 9.59 Å². The van der Waals surface area contributed by atoms with Crippen LogP contribution in [0.25, 0.3) is 0 Å². The number of carbonyl (C=O) groups excluding carboxylic acids is 2. The Bertz CT molecular complexity index is 699. The highest BCUT2D eigenvalue weighted by Gasteiger charge is 2.23. The Balaban J connectivity index is 2.00. The number of rotatable bonds is 11. The molecule has 0 spiro atoms. The third kappa shape index (κ3) is 8.10. The summed E-state index contributed by atoms with van der Waals surface area (Å²) in [6.45, 7) is 6.70. The van der Waals surface area contributed by atoms with E-state index in [2.05, 4.69) is 20.8 Å². The molecule has 0 bridgehead atoms. The van der Waals surface area contributed by atoms with Crippen molar-refractivity contribution in [1.82, 2.24) is 0 Å². The molecule has 29 heavy (non-hydrogen) atoms. The lowest BCUT2D eigenvalue weighted by molar-refractivity contribution is -0.0844. The third-order valence-electron chi connectivity index (χ3n) is 5.00. The molecule has 0 aliphatic rings. The van der Waals surface area contributed by atoms with E-state index in [1.165, 1.54) is 12.8 Å². The van der Waals surface area contributed by atoms with Gasteiger partial charge in [0.25, 0.3) is 0 Å². The third-order valence-corrected chi connectivity index (χ3v) is 5.00. The van der Waals surface area contributed by atoms with Crippen LogP contribution in [0, 0.1) is 5.41 Å². The number of hydrogen-bond acceptors (Lipinski definition) is 4. The van der Waals surface area contributed by atoms with Crippen LogP contribution < -0.4 is 0 Å². The van der Waals surface area contributed by atoms with Gasteiger partial charge in [-0.3, -0.25) is 0 Å². The molecule has 0 aliphatic carbocycles. The Labute approximate surface area is 174 Å². The molecule has 2 rings (SSSR count). The zero-order valence-corrected chi connectivity index (χ0v) is 17.7. The SMILES string of the molecule is CCCCC(C)(C)CCCC(OC(=O)c1ccccc1)OC(=O)c1ccccc1. The van der Waals surface area contributed by atoms with E-state index in [1.807, 2.05) is 12.1 Å². The van der Waals surface area contributed by atoms with Crippen molar-refractivity contribution in [2.45, 2.75) is 65.6 Å². The summed E-state index contributed by atoms with van der Waals surface area (Å²) in [5.41, 5.74) is 1.10. The van der Waals surface area contributed by atoms with E-state index in [-0.39, 0.29) is 5.41 Å². The summed E-state index contributed by atoms with van der Waals surface area (Å²) in [4.78, 5) is 24.9. The molecule has 0 unspecified atom stereocenters. The predicted octanol–water partition coefficient (Wildman–Crippen LogP) is 6.41. The second-order valence-electron chi connectivity index (χ2n) is 8.13. The van der Waals surface area contributed by atoms with Gasteiger partial charge in [-0.1, -0.05) is 70.0 Å². The van der Waals surface area contributed by atoms with Crippen LogP contribution in [0.3, 0.4) is 0 Å². The van der Waals surface area contributed by atoms with Gasteiger partial charge in [-0.15, -0.1) is 0 Å². The molecule has 0 amide bonds. The van der Waals surface area contributed by atoms with Crippen LogP contribution in [0.4, 0.5) is 0 Å². The lowest BCUT2D eigenvalue weighted by Gasteiger charge is -2.25. The van der Waals surface area contributed by atoms with Crippen molar-refractivity contribution in [2.75, 3.05) is 0 Å². The smallest absolute Gasteiger partial charge is 0.341 e. The average Bonchev–Trinajstić information content (AvgIpc) is 2.73. The highest BCUT2D eigenvalue weighted by molar-refractivity contribution is 5.90. The molecule has 0 aromatic heterocycles. The van der Waals surface area contributed by atoms with E-state index in [4.69, 9.17) is 9.47 Å². The topological polar surface area (TPSA) is 52.6 Å². The molecule has 0 aliphatic heterocycles. The summed E-state index contributed by atoms with van der Waals surface area (Å²) in [5, 5.41) is 0. The van der Waals surface area contributed by atoms with Gasteiger partial charge < -0.3 is 9.47 Å². The molecular formula is C25H32O4. The van der Waals surface area contributed by atoms with Crippen LogP contribution in [0.5, 0.6) is 0 Å². The van der Waals surface area contributed by atoms with E-state index in [1.54, 1.807) is 48.5 Å². The number of hydrogen-bond donors (Lipinski definition) is 0. The van der Waals surface area contributed by atoms with Crippen LogP contribution in [0.2, 0.25) is 0 Å². The number of esters is 2. The normalized spacial score (nSPS) is 11.3. The largest absolute Gasteiger partial charge is 0.422 e. The number of ether oxygens (including phenoxy) is 2. The Kier molecular flexibility index (Phi) is 8.91. The summed E-state index contributed by atoms with van der Waals surface area (Å²) >= 11 is 0. The summed E-state index contributed by atoms with van der Waals surface area (Å²) in [5.74, 6) is -0.969. The molecule has 4 heteroatoms. The monoisotopic (exact) mass is 396 g/mol. The highest BCUT2D eigenvalue weighted by Crippen LogP contribution is 2.30. The van der Waals surface area contributed by atoms with Crippen molar-refractivity contribution in [1.29, 1.82) is 0 Å². The molecule has 0 saturated carbocycles. The van der Waals surface area contributed by atoms with E-state index in [9.17, 15) is 9.59 Å². The van der Waals surface area contributed by atoms with Crippen molar-refractivity contribution in [3.8, 4) is 0 Å².